The Kier molecular flexibility index (Phi) is 6.61. The summed E-state index contributed by atoms with van der Waals surface area (Å²) in [7, 11) is 3.87. The third kappa shape index (κ3) is 5.34. The third-order valence-corrected chi connectivity index (χ3v) is 4.10. The summed E-state index contributed by atoms with van der Waals surface area (Å²) in [5.41, 5.74) is 8.66. The maximum absolute atomic E-state index is 11.6. The summed E-state index contributed by atoms with van der Waals surface area (Å²) in [6.07, 6.45) is 6.58. The Morgan fingerprint density at radius 1 is 1.36 bits per heavy atom. The van der Waals surface area contributed by atoms with Gasteiger partial charge in [-0.1, -0.05) is 6.07 Å². The van der Waals surface area contributed by atoms with Gasteiger partial charge in [-0.2, -0.15) is 0 Å². The summed E-state index contributed by atoms with van der Waals surface area (Å²) in [5.74, 6) is 0.331. The molecule has 1 aromatic carbocycles. The molecular formula is C19H27N3O3. The van der Waals surface area contributed by atoms with Crippen LogP contribution in [-0.4, -0.2) is 36.3 Å². The number of allylic oxidation sites excluding steroid dienone is 3. The number of ether oxygens (including phenoxy) is 1. The summed E-state index contributed by atoms with van der Waals surface area (Å²) in [5, 5.41) is 10.7. The van der Waals surface area contributed by atoms with Crippen molar-refractivity contribution in [2.45, 2.75) is 39.2 Å². The van der Waals surface area contributed by atoms with Gasteiger partial charge in [0.2, 0.25) is 0 Å². The van der Waals surface area contributed by atoms with E-state index in [1.54, 1.807) is 11.5 Å². The largest absolute Gasteiger partial charge is 0.490 e. The summed E-state index contributed by atoms with van der Waals surface area (Å²) in [6, 6.07) is 5.53. The monoisotopic (exact) mass is 345 g/mol. The Labute approximate surface area is 149 Å². The highest BCUT2D eigenvalue weighted by molar-refractivity contribution is 5.93. The van der Waals surface area contributed by atoms with E-state index in [1.165, 1.54) is 5.56 Å². The quantitative estimate of drug-likeness (QED) is 0.320. The fraction of sp³-hybridized carbons (Fsp3) is 0.421. The normalized spacial score (nSPS) is 17.9. The first-order valence-electron chi connectivity index (χ1n) is 8.44. The Hall–Kier alpha value is -2.31. The molecule has 0 saturated heterocycles. The maximum atomic E-state index is 11.6. The van der Waals surface area contributed by atoms with E-state index in [0.29, 0.717) is 5.56 Å². The molecule has 0 aliphatic heterocycles. The molecule has 1 unspecified atom stereocenters. The number of hydrazine groups is 1. The van der Waals surface area contributed by atoms with Crippen molar-refractivity contribution in [2.75, 3.05) is 14.1 Å². The molecule has 25 heavy (non-hydrogen) atoms. The summed E-state index contributed by atoms with van der Waals surface area (Å²) < 4.78 is 6.15. The van der Waals surface area contributed by atoms with E-state index < -0.39 is 5.91 Å². The maximum Gasteiger partial charge on any atom is 0.274 e. The number of rotatable bonds is 6. The van der Waals surface area contributed by atoms with Crippen molar-refractivity contribution < 1.29 is 14.7 Å². The lowest BCUT2D eigenvalue weighted by Crippen LogP contribution is -2.28. The van der Waals surface area contributed by atoms with Gasteiger partial charge in [-0.15, -0.1) is 0 Å². The average Bonchev–Trinajstić information content (AvgIpc) is 2.59. The van der Waals surface area contributed by atoms with Crippen LogP contribution in [0.4, 0.5) is 0 Å². The van der Waals surface area contributed by atoms with E-state index in [-0.39, 0.29) is 6.10 Å². The number of carbonyl (C=O) groups excluding carboxylic acids is 1. The zero-order valence-electron chi connectivity index (χ0n) is 15.3. The lowest BCUT2D eigenvalue weighted by atomic mass is 9.88. The zero-order valence-corrected chi connectivity index (χ0v) is 15.3. The molecule has 0 heterocycles. The molecule has 1 aromatic rings. The van der Waals surface area contributed by atoms with Crippen molar-refractivity contribution in [1.82, 2.24) is 15.9 Å². The fourth-order valence-corrected chi connectivity index (χ4v) is 3.01. The van der Waals surface area contributed by atoms with Crippen molar-refractivity contribution >= 4 is 5.91 Å². The predicted octanol–water partition coefficient (Wildman–Crippen LogP) is 2.55. The van der Waals surface area contributed by atoms with Crippen LogP contribution in [0.5, 0.6) is 0 Å². The number of carbonyl (C=O) groups is 1. The second-order valence-corrected chi connectivity index (χ2v) is 6.43. The predicted molar refractivity (Wildman–Crippen MR) is 96.9 cm³/mol. The van der Waals surface area contributed by atoms with Crippen molar-refractivity contribution in [1.29, 1.82) is 0 Å². The van der Waals surface area contributed by atoms with Gasteiger partial charge in [0.25, 0.3) is 5.91 Å². The summed E-state index contributed by atoms with van der Waals surface area (Å²) in [6.45, 7) is 3.94. The first kappa shape index (κ1) is 19.0. The van der Waals surface area contributed by atoms with Gasteiger partial charge in [0, 0.05) is 31.8 Å². The minimum absolute atomic E-state index is 0.0644. The SMILES string of the molecule is C/C=C(\C=C(/C)NN(C)C)OC1CCc2ccc(C(=O)NO)cc2C1. The lowest BCUT2D eigenvalue weighted by Gasteiger charge is -2.26. The summed E-state index contributed by atoms with van der Waals surface area (Å²) in [4.78, 5) is 11.6. The van der Waals surface area contributed by atoms with Gasteiger partial charge >= 0.3 is 0 Å². The molecule has 136 valence electrons. The van der Waals surface area contributed by atoms with Crippen LogP contribution in [0, 0.1) is 0 Å². The van der Waals surface area contributed by atoms with Gasteiger partial charge in [-0.25, -0.2) is 10.5 Å². The average molecular weight is 345 g/mol. The highest BCUT2D eigenvalue weighted by Crippen LogP contribution is 2.26. The van der Waals surface area contributed by atoms with Crippen LogP contribution in [0.25, 0.3) is 0 Å². The number of hydrogen-bond acceptors (Lipinski definition) is 5. The van der Waals surface area contributed by atoms with E-state index in [0.717, 1.165) is 36.3 Å². The van der Waals surface area contributed by atoms with E-state index in [2.05, 4.69) is 5.43 Å². The minimum Gasteiger partial charge on any atom is -0.490 e. The molecule has 2 rings (SSSR count). The highest BCUT2D eigenvalue weighted by atomic mass is 16.5. The smallest absolute Gasteiger partial charge is 0.274 e. The number of hydroxylamine groups is 1. The lowest BCUT2D eigenvalue weighted by molar-refractivity contribution is 0.0705. The number of amides is 1. The molecule has 1 amide bonds. The van der Waals surface area contributed by atoms with Crippen LogP contribution < -0.4 is 10.9 Å². The van der Waals surface area contributed by atoms with Gasteiger partial charge < -0.3 is 10.2 Å². The van der Waals surface area contributed by atoms with Crippen LogP contribution in [0.2, 0.25) is 0 Å². The number of benzene rings is 1. The topological polar surface area (TPSA) is 73.8 Å². The minimum atomic E-state index is -0.492. The molecule has 3 N–H and O–H groups in total. The standard InChI is InChI=1S/C19H27N3O3/c1-5-17(10-13(2)20-22(3)4)25-18-9-8-14-6-7-15(19(23)21-24)11-16(14)12-18/h5-7,10-11,18,20,24H,8-9,12H2,1-4H3,(H,21,23)/b13-10+,17-5+. The van der Waals surface area contributed by atoms with Crippen LogP contribution in [-0.2, 0) is 17.6 Å². The molecule has 0 bridgehead atoms. The van der Waals surface area contributed by atoms with Crippen LogP contribution in [0.1, 0.15) is 41.8 Å². The number of hydrogen-bond donors (Lipinski definition) is 3. The first-order chi connectivity index (χ1) is 11.9. The zero-order chi connectivity index (χ0) is 18.4. The van der Waals surface area contributed by atoms with Gasteiger partial charge in [0.15, 0.2) is 0 Å². The fourth-order valence-electron chi connectivity index (χ4n) is 3.01. The Bertz CT molecular complexity index is 680. The number of nitrogens with zero attached hydrogens (tertiary/aromatic N) is 1. The molecule has 6 nitrogen and oxygen atoms in total. The van der Waals surface area contributed by atoms with Gasteiger partial charge in [-0.3, -0.25) is 10.0 Å². The van der Waals surface area contributed by atoms with Crippen LogP contribution >= 0.6 is 0 Å². The van der Waals surface area contributed by atoms with Crippen molar-refractivity contribution in [3.63, 3.8) is 0 Å². The Morgan fingerprint density at radius 2 is 2.12 bits per heavy atom. The molecule has 0 radical (unpaired) electrons. The van der Waals surface area contributed by atoms with Crippen molar-refractivity contribution in [3.05, 3.63) is 58.5 Å². The second-order valence-electron chi connectivity index (χ2n) is 6.43. The Morgan fingerprint density at radius 3 is 2.76 bits per heavy atom. The van der Waals surface area contributed by atoms with Crippen molar-refractivity contribution in [2.24, 2.45) is 0 Å². The van der Waals surface area contributed by atoms with Crippen LogP contribution in [0.15, 0.2) is 41.8 Å². The molecule has 0 fully saturated rings. The number of nitrogens with one attached hydrogen (secondary N) is 2. The van der Waals surface area contributed by atoms with E-state index >= 15 is 0 Å². The third-order valence-electron chi connectivity index (χ3n) is 4.10. The molecule has 1 aliphatic carbocycles. The highest BCUT2D eigenvalue weighted by Gasteiger charge is 2.21. The number of aryl methyl sites for hydroxylation is 1. The van der Waals surface area contributed by atoms with E-state index in [9.17, 15) is 4.79 Å². The van der Waals surface area contributed by atoms with Gasteiger partial charge in [-0.05, 0) is 62.1 Å². The van der Waals surface area contributed by atoms with E-state index in [4.69, 9.17) is 9.94 Å². The molecular weight excluding hydrogens is 318 g/mol. The molecule has 1 aliphatic rings. The van der Waals surface area contributed by atoms with Crippen molar-refractivity contribution in [3.8, 4) is 0 Å². The van der Waals surface area contributed by atoms with Crippen LogP contribution in [0.3, 0.4) is 0 Å². The summed E-state index contributed by atoms with van der Waals surface area (Å²) >= 11 is 0. The number of fused-ring (bicyclic) bond motifs is 1. The second kappa shape index (κ2) is 8.69. The van der Waals surface area contributed by atoms with Gasteiger partial charge in [0.05, 0.1) is 0 Å². The molecule has 0 aromatic heterocycles. The Balaban J connectivity index is 2.07. The molecule has 6 heteroatoms. The molecule has 1 atom stereocenters. The van der Waals surface area contributed by atoms with E-state index in [1.807, 2.05) is 57.2 Å². The molecule has 0 spiro atoms. The molecule has 0 saturated carbocycles. The first-order valence-corrected chi connectivity index (χ1v) is 8.44. The van der Waals surface area contributed by atoms with Gasteiger partial charge in [0.1, 0.15) is 11.9 Å².